The highest BCUT2D eigenvalue weighted by molar-refractivity contribution is 5.98. The monoisotopic (exact) mass is 341 g/mol. The van der Waals surface area contributed by atoms with Gasteiger partial charge in [-0.05, 0) is 63.9 Å². The van der Waals surface area contributed by atoms with E-state index in [0.717, 1.165) is 60.7 Å². The van der Waals surface area contributed by atoms with Crippen molar-refractivity contribution in [3.05, 3.63) is 35.5 Å². The summed E-state index contributed by atoms with van der Waals surface area (Å²) in [6.45, 7) is 4.64. The number of fused-ring (bicyclic) bond motifs is 1. The number of pyridine rings is 1. The van der Waals surface area contributed by atoms with Crippen molar-refractivity contribution >= 4 is 16.8 Å². The second-order valence-electron chi connectivity index (χ2n) is 6.81. The lowest BCUT2D eigenvalue weighted by molar-refractivity contribution is 0.0686. The van der Waals surface area contributed by atoms with Crippen LogP contribution in [0.25, 0.3) is 10.9 Å². The van der Waals surface area contributed by atoms with Crippen LogP contribution in [-0.2, 0) is 0 Å². The lowest BCUT2D eigenvalue weighted by Crippen LogP contribution is -2.39. The molecule has 0 atom stereocenters. The van der Waals surface area contributed by atoms with E-state index in [1.165, 1.54) is 6.42 Å². The van der Waals surface area contributed by atoms with Gasteiger partial charge in [0.25, 0.3) is 5.91 Å². The summed E-state index contributed by atoms with van der Waals surface area (Å²) in [6.07, 6.45) is 3.37. The minimum absolute atomic E-state index is 0.106. The average Bonchev–Trinajstić information content (AvgIpc) is 2.65. The Morgan fingerprint density at radius 1 is 1.32 bits per heavy atom. The van der Waals surface area contributed by atoms with E-state index >= 15 is 0 Å². The molecule has 1 amide bonds. The summed E-state index contributed by atoms with van der Waals surface area (Å²) in [5.41, 5.74) is 2.36. The van der Waals surface area contributed by atoms with E-state index in [2.05, 4.69) is 10.3 Å². The number of carbonyl (C=O) groups is 1. The predicted octanol–water partition coefficient (Wildman–Crippen LogP) is 3.01. The Morgan fingerprint density at radius 3 is 2.76 bits per heavy atom. The third-order valence-corrected chi connectivity index (χ3v) is 5.15. The van der Waals surface area contributed by atoms with E-state index in [0.29, 0.717) is 5.56 Å². The maximum atomic E-state index is 13.0. The summed E-state index contributed by atoms with van der Waals surface area (Å²) < 4.78 is 5.25. The number of nitrogens with zero attached hydrogens (tertiary/aromatic N) is 2. The van der Waals surface area contributed by atoms with Gasteiger partial charge in [0, 0.05) is 24.5 Å². The van der Waals surface area contributed by atoms with Gasteiger partial charge >= 0.3 is 0 Å². The van der Waals surface area contributed by atoms with Crippen LogP contribution in [-0.4, -0.2) is 49.6 Å². The topological polar surface area (TPSA) is 54.5 Å². The van der Waals surface area contributed by atoms with Gasteiger partial charge in [-0.25, -0.2) is 0 Å². The van der Waals surface area contributed by atoms with Crippen molar-refractivity contribution in [2.75, 3.05) is 33.8 Å². The first kappa shape index (κ1) is 17.7. The van der Waals surface area contributed by atoms with Gasteiger partial charge in [-0.15, -0.1) is 0 Å². The summed E-state index contributed by atoms with van der Waals surface area (Å²) in [4.78, 5) is 19.6. The smallest absolute Gasteiger partial charge is 0.255 e. The molecule has 0 radical (unpaired) electrons. The molecule has 1 aromatic carbocycles. The zero-order chi connectivity index (χ0) is 17.8. The van der Waals surface area contributed by atoms with Gasteiger partial charge < -0.3 is 15.0 Å². The summed E-state index contributed by atoms with van der Waals surface area (Å²) >= 11 is 0. The van der Waals surface area contributed by atoms with Gasteiger partial charge in [-0.3, -0.25) is 9.78 Å². The summed E-state index contributed by atoms with van der Waals surface area (Å²) in [5, 5.41) is 4.18. The number of benzene rings is 1. The maximum Gasteiger partial charge on any atom is 0.255 e. The van der Waals surface area contributed by atoms with Crippen molar-refractivity contribution in [2.24, 2.45) is 5.92 Å². The molecule has 134 valence electrons. The molecule has 5 heteroatoms. The summed E-state index contributed by atoms with van der Waals surface area (Å²) in [6, 6.07) is 7.73. The molecule has 3 rings (SSSR count). The zero-order valence-corrected chi connectivity index (χ0v) is 15.3. The third kappa shape index (κ3) is 3.93. The first-order chi connectivity index (χ1) is 12.1. The SMILES string of the molecule is CNCCC1CCN(C(=O)c2cc3ccc(OC)cc3nc2C)CC1. The first-order valence-electron chi connectivity index (χ1n) is 9.01. The van der Waals surface area contributed by atoms with E-state index < -0.39 is 0 Å². The molecule has 0 aliphatic carbocycles. The Hall–Kier alpha value is -2.14. The predicted molar refractivity (Wildman–Crippen MR) is 100 cm³/mol. The van der Waals surface area contributed by atoms with Crippen molar-refractivity contribution in [1.82, 2.24) is 15.2 Å². The normalized spacial score (nSPS) is 15.6. The molecule has 1 aromatic heterocycles. The van der Waals surface area contributed by atoms with E-state index in [4.69, 9.17) is 4.74 Å². The molecule has 0 unspecified atom stereocenters. The molecule has 1 aliphatic rings. The highest BCUT2D eigenvalue weighted by Gasteiger charge is 2.24. The number of nitrogens with one attached hydrogen (secondary N) is 1. The highest BCUT2D eigenvalue weighted by Crippen LogP contribution is 2.25. The second kappa shape index (κ2) is 7.83. The third-order valence-electron chi connectivity index (χ3n) is 5.15. The number of hydrogen-bond donors (Lipinski definition) is 1. The van der Waals surface area contributed by atoms with Crippen LogP contribution in [0.2, 0.25) is 0 Å². The Morgan fingerprint density at radius 2 is 2.08 bits per heavy atom. The van der Waals surface area contributed by atoms with Gasteiger partial charge in [0.15, 0.2) is 0 Å². The molecule has 5 nitrogen and oxygen atoms in total. The number of hydrogen-bond acceptors (Lipinski definition) is 4. The fourth-order valence-electron chi connectivity index (χ4n) is 3.53. The first-order valence-corrected chi connectivity index (χ1v) is 9.01. The van der Waals surface area contributed by atoms with Crippen LogP contribution in [0.3, 0.4) is 0 Å². The molecule has 0 saturated carbocycles. The minimum Gasteiger partial charge on any atom is -0.497 e. The molecule has 1 saturated heterocycles. The van der Waals surface area contributed by atoms with Crippen LogP contribution in [0.15, 0.2) is 24.3 Å². The van der Waals surface area contributed by atoms with Crippen molar-refractivity contribution < 1.29 is 9.53 Å². The summed E-state index contributed by atoms with van der Waals surface area (Å²) in [7, 11) is 3.63. The maximum absolute atomic E-state index is 13.0. The Balaban J connectivity index is 1.75. The number of aryl methyl sites for hydroxylation is 1. The number of ether oxygens (including phenoxy) is 1. The van der Waals surface area contributed by atoms with Crippen LogP contribution < -0.4 is 10.1 Å². The number of carbonyl (C=O) groups excluding carboxylic acids is 1. The standard InChI is InChI=1S/C20H27N3O2/c1-14-18(12-16-4-5-17(25-3)13-19(16)22-14)20(24)23-10-7-15(8-11-23)6-9-21-2/h4-5,12-13,15,21H,6-11H2,1-3H3. The van der Waals surface area contributed by atoms with Crippen LogP contribution in [0.4, 0.5) is 0 Å². The minimum atomic E-state index is 0.106. The lowest BCUT2D eigenvalue weighted by Gasteiger charge is -2.32. The van der Waals surface area contributed by atoms with Gasteiger partial charge in [-0.1, -0.05) is 0 Å². The van der Waals surface area contributed by atoms with Crippen molar-refractivity contribution in [3.63, 3.8) is 0 Å². The van der Waals surface area contributed by atoms with E-state index in [-0.39, 0.29) is 5.91 Å². The van der Waals surface area contributed by atoms with Gasteiger partial charge in [0.2, 0.25) is 0 Å². The molecule has 2 aromatic rings. The number of likely N-dealkylation sites (tertiary alicyclic amines) is 1. The number of aromatic nitrogens is 1. The molecule has 2 heterocycles. The second-order valence-corrected chi connectivity index (χ2v) is 6.81. The van der Waals surface area contributed by atoms with E-state index in [9.17, 15) is 4.79 Å². The van der Waals surface area contributed by atoms with Gasteiger partial charge in [0.1, 0.15) is 5.75 Å². The molecular formula is C20H27N3O2. The van der Waals surface area contributed by atoms with Crippen LogP contribution in [0, 0.1) is 12.8 Å². The Kier molecular flexibility index (Phi) is 5.53. The zero-order valence-electron chi connectivity index (χ0n) is 15.3. The molecule has 25 heavy (non-hydrogen) atoms. The number of rotatable bonds is 5. The van der Waals surface area contributed by atoms with E-state index in [1.807, 2.05) is 43.1 Å². The molecule has 1 fully saturated rings. The fraction of sp³-hybridized carbons (Fsp3) is 0.500. The van der Waals surface area contributed by atoms with Crippen LogP contribution >= 0.6 is 0 Å². The molecule has 0 bridgehead atoms. The van der Waals surface area contributed by atoms with Gasteiger partial charge in [0.05, 0.1) is 23.9 Å². The average molecular weight is 341 g/mol. The number of methoxy groups -OCH3 is 1. The Bertz CT molecular complexity index is 752. The van der Waals surface area contributed by atoms with Crippen molar-refractivity contribution in [1.29, 1.82) is 0 Å². The van der Waals surface area contributed by atoms with Crippen molar-refractivity contribution in [2.45, 2.75) is 26.2 Å². The molecule has 0 spiro atoms. The Labute approximate surface area is 149 Å². The van der Waals surface area contributed by atoms with Crippen LogP contribution in [0.5, 0.6) is 5.75 Å². The summed E-state index contributed by atoms with van der Waals surface area (Å²) in [5.74, 6) is 1.61. The largest absolute Gasteiger partial charge is 0.497 e. The van der Waals surface area contributed by atoms with Crippen molar-refractivity contribution in [3.8, 4) is 5.75 Å². The number of amides is 1. The highest BCUT2D eigenvalue weighted by atomic mass is 16.5. The molecular weight excluding hydrogens is 314 g/mol. The number of piperidine rings is 1. The van der Waals surface area contributed by atoms with Crippen LogP contribution in [0.1, 0.15) is 35.3 Å². The van der Waals surface area contributed by atoms with E-state index in [1.54, 1.807) is 7.11 Å². The lowest BCUT2D eigenvalue weighted by atomic mass is 9.93. The molecule has 1 aliphatic heterocycles. The molecule has 1 N–H and O–H groups in total. The van der Waals surface area contributed by atoms with Gasteiger partial charge in [-0.2, -0.15) is 0 Å². The fourth-order valence-corrected chi connectivity index (χ4v) is 3.53. The quantitative estimate of drug-likeness (QED) is 0.908.